The molecule has 0 saturated carbocycles. The third kappa shape index (κ3) is 4.55. The molecule has 0 aliphatic rings. The van der Waals surface area contributed by atoms with Crippen molar-refractivity contribution in [1.29, 1.82) is 0 Å². The lowest BCUT2D eigenvalue weighted by atomic mass is 10.1. The predicted molar refractivity (Wildman–Crippen MR) is 106 cm³/mol. The molecule has 0 aliphatic carbocycles. The molecule has 0 atom stereocenters. The summed E-state index contributed by atoms with van der Waals surface area (Å²) in [7, 11) is -2.11. The number of methoxy groups -OCH3 is 1. The van der Waals surface area contributed by atoms with Crippen LogP contribution in [0.3, 0.4) is 0 Å². The van der Waals surface area contributed by atoms with E-state index in [1.807, 2.05) is 30.3 Å². The van der Waals surface area contributed by atoms with Gasteiger partial charge in [-0.2, -0.15) is 4.99 Å². The molecule has 0 fully saturated rings. The van der Waals surface area contributed by atoms with Gasteiger partial charge in [0.2, 0.25) is 0 Å². The van der Waals surface area contributed by atoms with Crippen LogP contribution in [0.1, 0.15) is 5.56 Å². The smallest absolute Gasteiger partial charge is 0.325 e. The van der Waals surface area contributed by atoms with Crippen molar-refractivity contribution in [3.8, 4) is 0 Å². The number of benzene rings is 2. The number of hydrogen-bond acceptors (Lipinski definition) is 6. The van der Waals surface area contributed by atoms with E-state index in [1.54, 1.807) is 10.6 Å². The molecule has 0 radical (unpaired) electrons. The molecular weight excluding hydrogens is 400 g/mol. The number of hydrogen-bond donors (Lipinski definition) is 0. The SMILES string of the molecule is COC(=O)Cn1c(=NC(=O)Cc2ccccc2)sc2cc(S(C)(=O)=O)ccc21. The number of thiazole rings is 1. The van der Waals surface area contributed by atoms with Crippen molar-refractivity contribution in [1.82, 2.24) is 4.57 Å². The minimum absolute atomic E-state index is 0.127. The Morgan fingerprint density at radius 1 is 1.14 bits per heavy atom. The molecule has 9 heteroatoms. The van der Waals surface area contributed by atoms with E-state index in [-0.39, 0.29) is 23.8 Å². The Labute approximate surface area is 165 Å². The van der Waals surface area contributed by atoms with E-state index >= 15 is 0 Å². The van der Waals surface area contributed by atoms with Gasteiger partial charge < -0.3 is 9.30 Å². The molecule has 3 rings (SSSR count). The van der Waals surface area contributed by atoms with Crippen LogP contribution in [-0.4, -0.2) is 38.2 Å². The van der Waals surface area contributed by atoms with Gasteiger partial charge in [-0.05, 0) is 23.8 Å². The highest BCUT2D eigenvalue weighted by molar-refractivity contribution is 7.90. The van der Waals surface area contributed by atoms with Crippen LogP contribution in [0, 0.1) is 0 Å². The maximum absolute atomic E-state index is 12.4. The molecule has 0 unspecified atom stereocenters. The van der Waals surface area contributed by atoms with E-state index in [0.29, 0.717) is 15.0 Å². The average Bonchev–Trinajstić information content (AvgIpc) is 2.98. The van der Waals surface area contributed by atoms with Gasteiger partial charge in [0, 0.05) is 6.26 Å². The molecule has 0 saturated heterocycles. The van der Waals surface area contributed by atoms with Gasteiger partial charge in [0.1, 0.15) is 6.54 Å². The third-order valence-corrected chi connectivity index (χ3v) is 6.17. The molecule has 0 aliphatic heterocycles. The second-order valence-electron chi connectivity index (χ2n) is 6.12. The van der Waals surface area contributed by atoms with E-state index in [9.17, 15) is 18.0 Å². The Hall–Kier alpha value is -2.78. The Morgan fingerprint density at radius 2 is 1.86 bits per heavy atom. The van der Waals surface area contributed by atoms with Crippen LogP contribution in [0.5, 0.6) is 0 Å². The fourth-order valence-corrected chi connectivity index (χ4v) is 4.44. The largest absolute Gasteiger partial charge is 0.468 e. The highest BCUT2D eigenvalue weighted by atomic mass is 32.2. The van der Waals surface area contributed by atoms with Crippen molar-refractivity contribution in [2.75, 3.05) is 13.4 Å². The quantitative estimate of drug-likeness (QED) is 0.590. The monoisotopic (exact) mass is 418 g/mol. The standard InChI is InChI=1S/C19H18N2O5S2/c1-26-18(23)12-21-15-9-8-14(28(2,24)25)11-16(15)27-19(21)20-17(22)10-13-6-4-3-5-7-13/h3-9,11H,10,12H2,1-2H3. The Morgan fingerprint density at radius 3 is 2.50 bits per heavy atom. The first-order chi connectivity index (χ1) is 13.3. The number of rotatable bonds is 5. The van der Waals surface area contributed by atoms with Crippen LogP contribution in [-0.2, 0) is 37.1 Å². The maximum Gasteiger partial charge on any atom is 0.325 e. The van der Waals surface area contributed by atoms with Gasteiger partial charge in [-0.25, -0.2) is 8.42 Å². The zero-order chi connectivity index (χ0) is 20.3. The zero-order valence-electron chi connectivity index (χ0n) is 15.3. The molecule has 1 aromatic heterocycles. The van der Waals surface area contributed by atoms with E-state index in [2.05, 4.69) is 4.99 Å². The van der Waals surface area contributed by atoms with Crippen molar-refractivity contribution in [3.63, 3.8) is 0 Å². The summed E-state index contributed by atoms with van der Waals surface area (Å²) in [4.78, 5) is 28.9. The molecule has 1 amide bonds. The maximum atomic E-state index is 12.4. The van der Waals surface area contributed by atoms with Crippen LogP contribution in [0.2, 0.25) is 0 Å². The molecular formula is C19H18N2O5S2. The lowest BCUT2D eigenvalue weighted by molar-refractivity contribution is -0.141. The van der Waals surface area contributed by atoms with Gasteiger partial charge >= 0.3 is 5.97 Å². The van der Waals surface area contributed by atoms with Gasteiger partial charge in [-0.3, -0.25) is 9.59 Å². The van der Waals surface area contributed by atoms with Crippen molar-refractivity contribution in [2.24, 2.45) is 4.99 Å². The Balaban J connectivity index is 2.09. The number of sulfone groups is 1. The van der Waals surface area contributed by atoms with Gasteiger partial charge in [0.25, 0.3) is 5.91 Å². The lowest BCUT2D eigenvalue weighted by Crippen LogP contribution is -2.22. The summed E-state index contributed by atoms with van der Waals surface area (Å²) >= 11 is 1.15. The van der Waals surface area contributed by atoms with Crippen LogP contribution < -0.4 is 4.80 Å². The minimum atomic E-state index is -3.38. The fraction of sp³-hybridized carbons (Fsp3) is 0.211. The average molecular weight is 418 g/mol. The van der Waals surface area contributed by atoms with Gasteiger partial charge in [0.15, 0.2) is 14.6 Å². The molecule has 2 aromatic carbocycles. The Kier molecular flexibility index (Phi) is 5.76. The van der Waals surface area contributed by atoms with Gasteiger partial charge in [-0.1, -0.05) is 41.7 Å². The molecule has 3 aromatic rings. The van der Waals surface area contributed by atoms with Crippen LogP contribution in [0.25, 0.3) is 10.2 Å². The minimum Gasteiger partial charge on any atom is -0.468 e. The second-order valence-corrected chi connectivity index (χ2v) is 9.14. The predicted octanol–water partition coefficient (Wildman–Crippen LogP) is 1.95. The number of carbonyl (C=O) groups excluding carboxylic acids is 2. The van der Waals surface area contributed by atoms with Crippen molar-refractivity contribution < 1.29 is 22.7 Å². The molecule has 0 spiro atoms. The highest BCUT2D eigenvalue weighted by Crippen LogP contribution is 2.22. The molecule has 146 valence electrons. The third-order valence-electron chi connectivity index (χ3n) is 4.02. The summed E-state index contributed by atoms with van der Waals surface area (Å²) in [5.74, 6) is -0.858. The number of amides is 1. The first-order valence-electron chi connectivity index (χ1n) is 8.29. The van der Waals surface area contributed by atoms with Crippen molar-refractivity contribution in [3.05, 3.63) is 58.9 Å². The molecule has 0 N–H and O–H groups in total. The van der Waals surface area contributed by atoms with Crippen LogP contribution >= 0.6 is 11.3 Å². The first-order valence-corrected chi connectivity index (χ1v) is 11.0. The summed E-state index contributed by atoms with van der Waals surface area (Å²) in [6, 6.07) is 13.8. The van der Waals surface area contributed by atoms with E-state index in [1.165, 1.54) is 19.2 Å². The summed E-state index contributed by atoms with van der Waals surface area (Å²) < 4.78 is 30.5. The van der Waals surface area contributed by atoms with Gasteiger partial charge in [-0.15, -0.1) is 0 Å². The summed E-state index contributed by atoms with van der Waals surface area (Å²) in [6.07, 6.45) is 1.25. The number of nitrogens with zero attached hydrogens (tertiary/aromatic N) is 2. The number of esters is 1. The van der Waals surface area contributed by atoms with Crippen LogP contribution in [0.15, 0.2) is 58.4 Å². The zero-order valence-corrected chi connectivity index (χ0v) is 16.9. The fourth-order valence-electron chi connectivity index (χ4n) is 2.63. The van der Waals surface area contributed by atoms with Crippen LogP contribution in [0.4, 0.5) is 0 Å². The Bertz CT molecular complexity index is 1210. The normalized spacial score (nSPS) is 12.3. The highest BCUT2D eigenvalue weighted by Gasteiger charge is 2.15. The summed E-state index contributed by atoms with van der Waals surface area (Å²) in [6.45, 7) is -0.133. The first kappa shape index (κ1) is 20.0. The molecule has 7 nitrogen and oxygen atoms in total. The number of fused-ring (bicyclic) bond motifs is 1. The molecule has 0 bridgehead atoms. The number of carbonyl (C=O) groups is 2. The van der Waals surface area contributed by atoms with E-state index in [4.69, 9.17) is 4.74 Å². The van der Waals surface area contributed by atoms with E-state index < -0.39 is 15.8 Å². The van der Waals surface area contributed by atoms with Crippen molar-refractivity contribution >= 4 is 43.3 Å². The summed E-state index contributed by atoms with van der Waals surface area (Å²) in [5.41, 5.74) is 1.44. The number of ether oxygens (including phenoxy) is 1. The lowest BCUT2D eigenvalue weighted by Gasteiger charge is -2.04. The second kappa shape index (κ2) is 8.07. The van der Waals surface area contributed by atoms with Crippen molar-refractivity contribution in [2.45, 2.75) is 17.9 Å². The van der Waals surface area contributed by atoms with E-state index in [0.717, 1.165) is 23.2 Å². The number of aromatic nitrogens is 1. The summed E-state index contributed by atoms with van der Waals surface area (Å²) in [5, 5.41) is 0. The van der Waals surface area contributed by atoms with Gasteiger partial charge in [0.05, 0.1) is 28.6 Å². The molecule has 1 heterocycles. The topological polar surface area (TPSA) is 94.8 Å². The molecule has 28 heavy (non-hydrogen) atoms.